The number of hydrogen-bond donors (Lipinski definition) is 1. The molecular weight excluding hydrogens is 240 g/mol. The third-order valence-electron chi connectivity index (χ3n) is 3.05. The molecule has 0 aliphatic heterocycles. The Hall–Kier alpha value is -1.48. The molecule has 0 fully saturated rings. The van der Waals surface area contributed by atoms with Gasteiger partial charge in [0.2, 0.25) is 0 Å². The van der Waals surface area contributed by atoms with Gasteiger partial charge in [0.1, 0.15) is 0 Å². The van der Waals surface area contributed by atoms with Crippen molar-refractivity contribution in [1.29, 1.82) is 0 Å². The van der Waals surface area contributed by atoms with Crippen molar-refractivity contribution in [3.8, 4) is 0 Å². The molecule has 1 heterocycles. The third-order valence-corrected chi connectivity index (χ3v) is 4.27. The van der Waals surface area contributed by atoms with E-state index < -0.39 is 0 Å². The molecule has 2 rings (SSSR count). The van der Waals surface area contributed by atoms with Gasteiger partial charge in [0.15, 0.2) is 0 Å². The van der Waals surface area contributed by atoms with Gasteiger partial charge in [-0.2, -0.15) is 0 Å². The molecular formula is C15H20N2S. The van der Waals surface area contributed by atoms with Gasteiger partial charge in [-0.3, -0.25) is 0 Å². The molecule has 1 aromatic carbocycles. The van der Waals surface area contributed by atoms with E-state index in [1.165, 1.54) is 15.4 Å². The maximum absolute atomic E-state index is 5.73. The first kappa shape index (κ1) is 13.0. The van der Waals surface area contributed by atoms with Gasteiger partial charge in [0, 0.05) is 27.7 Å². The fourth-order valence-corrected chi connectivity index (χ4v) is 2.93. The molecule has 0 unspecified atom stereocenters. The molecule has 0 atom stereocenters. The summed E-state index contributed by atoms with van der Waals surface area (Å²) in [5.41, 5.74) is 7.78. The van der Waals surface area contributed by atoms with E-state index in [1.807, 2.05) is 23.5 Å². The van der Waals surface area contributed by atoms with Crippen LogP contribution in [0.15, 0.2) is 36.4 Å². The van der Waals surface area contributed by atoms with Crippen molar-refractivity contribution in [2.75, 3.05) is 17.2 Å². The number of nitrogens with zero attached hydrogens (tertiary/aromatic N) is 1. The number of nitrogen functional groups attached to an aromatic ring is 1. The molecule has 0 radical (unpaired) electrons. The van der Waals surface area contributed by atoms with Crippen molar-refractivity contribution in [2.24, 2.45) is 0 Å². The van der Waals surface area contributed by atoms with Gasteiger partial charge < -0.3 is 10.6 Å². The molecule has 0 spiro atoms. The van der Waals surface area contributed by atoms with E-state index >= 15 is 0 Å². The van der Waals surface area contributed by atoms with Crippen LogP contribution in [0.2, 0.25) is 0 Å². The topological polar surface area (TPSA) is 29.3 Å². The van der Waals surface area contributed by atoms with Crippen LogP contribution in [0, 0.1) is 0 Å². The summed E-state index contributed by atoms with van der Waals surface area (Å²) in [5.74, 6) is 0. The van der Waals surface area contributed by atoms with Gasteiger partial charge in [0.25, 0.3) is 0 Å². The van der Waals surface area contributed by atoms with E-state index in [9.17, 15) is 0 Å². The van der Waals surface area contributed by atoms with E-state index in [1.54, 1.807) is 0 Å². The van der Waals surface area contributed by atoms with Crippen molar-refractivity contribution >= 4 is 22.7 Å². The lowest BCUT2D eigenvalue weighted by Crippen LogP contribution is -2.21. The lowest BCUT2D eigenvalue weighted by atomic mass is 10.2. The second-order valence-corrected chi connectivity index (χ2v) is 5.58. The summed E-state index contributed by atoms with van der Waals surface area (Å²) in [5, 5.41) is 0. The van der Waals surface area contributed by atoms with E-state index in [4.69, 9.17) is 5.73 Å². The van der Waals surface area contributed by atoms with E-state index in [-0.39, 0.29) is 0 Å². The Morgan fingerprint density at radius 3 is 2.22 bits per heavy atom. The molecule has 2 nitrogen and oxygen atoms in total. The Labute approximate surface area is 113 Å². The van der Waals surface area contributed by atoms with Gasteiger partial charge in [0.05, 0.1) is 6.54 Å². The quantitative estimate of drug-likeness (QED) is 0.826. The third kappa shape index (κ3) is 3.05. The molecule has 0 saturated heterocycles. The van der Waals surface area contributed by atoms with E-state index in [0.717, 1.165) is 25.2 Å². The Bertz CT molecular complexity index is 487. The SMILES string of the molecule is CCc1ccc(CN(CC)c2ccc(N)cc2)s1. The Balaban J connectivity index is 2.11. The number of hydrogen-bond acceptors (Lipinski definition) is 3. The lowest BCUT2D eigenvalue weighted by Gasteiger charge is -2.22. The minimum absolute atomic E-state index is 0.819. The van der Waals surface area contributed by atoms with Crippen molar-refractivity contribution in [3.05, 3.63) is 46.2 Å². The van der Waals surface area contributed by atoms with Crippen LogP contribution >= 0.6 is 11.3 Å². The largest absolute Gasteiger partial charge is 0.399 e. The van der Waals surface area contributed by atoms with Gasteiger partial charge in [-0.15, -0.1) is 11.3 Å². The molecule has 96 valence electrons. The number of thiophene rings is 1. The smallest absolute Gasteiger partial charge is 0.0522 e. The maximum atomic E-state index is 5.73. The summed E-state index contributed by atoms with van der Waals surface area (Å²) < 4.78 is 0. The summed E-state index contributed by atoms with van der Waals surface area (Å²) in [6.07, 6.45) is 1.12. The van der Waals surface area contributed by atoms with Crippen molar-refractivity contribution in [3.63, 3.8) is 0 Å². The first-order valence-corrected chi connectivity index (χ1v) is 7.22. The average molecular weight is 260 g/mol. The molecule has 3 heteroatoms. The van der Waals surface area contributed by atoms with Crippen LogP contribution in [0.5, 0.6) is 0 Å². The van der Waals surface area contributed by atoms with Crippen LogP contribution in [0.3, 0.4) is 0 Å². The zero-order valence-electron chi connectivity index (χ0n) is 11.0. The molecule has 0 aliphatic rings. The summed E-state index contributed by atoms with van der Waals surface area (Å²) in [7, 11) is 0. The van der Waals surface area contributed by atoms with Gasteiger partial charge in [-0.05, 0) is 49.7 Å². The number of benzene rings is 1. The normalized spacial score (nSPS) is 10.6. The Morgan fingerprint density at radius 2 is 1.67 bits per heavy atom. The van der Waals surface area contributed by atoms with Crippen LogP contribution in [-0.2, 0) is 13.0 Å². The maximum Gasteiger partial charge on any atom is 0.0522 e. The van der Waals surface area contributed by atoms with Crippen LogP contribution < -0.4 is 10.6 Å². The molecule has 2 N–H and O–H groups in total. The van der Waals surface area contributed by atoms with E-state index in [0.29, 0.717) is 0 Å². The Morgan fingerprint density at radius 1 is 1.00 bits per heavy atom. The number of rotatable bonds is 5. The summed E-state index contributed by atoms with van der Waals surface area (Å²) in [4.78, 5) is 5.24. The first-order valence-electron chi connectivity index (χ1n) is 6.41. The predicted molar refractivity (Wildman–Crippen MR) is 81.3 cm³/mol. The van der Waals surface area contributed by atoms with Gasteiger partial charge in [-0.25, -0.2) is 0 Å². The monoisotopic (exact) mass is 260 g/mol. The molecule has 0 aliphatic carbocycles. The molecule has 1 aromatic heterocycles. The van der Waals surface area contributed by atoms with Crippen LogP contribution in [0.25, 0.3) is 0 Å². The zero-order chi connectivity index (χ0) is 13.0. The second kappa shape index (κ2) is 5.91. The average Bonchev–Trinajstić information content (AvgIpc) is 2.85. The predicted octanol–water partition coefficient (Wildman–Crippen LogP) is 3.92. The standard InChI is InChI=1S/C15H20N2S/c1-3-14-9-10-15(18-14)11-17(4-2)13-7-5-12(16)6-8-13/h5-10H,3-4,11,16H2,1-2H3. The van der Waals surface area contributed by atoms with Crippen LogP contribution in [-0.4, -0.2) is 6.54 Å². The van der Waals surface area contributed by atoms with Crippen molar-refractivity contribution in [1.82, 2.24) is 0 Å². The van der Waals surface area contributed by atoms with Gasteiger partial charge >= 0.3 is 0 Å². The second-order valence-electron chi connectivity index (χ2n) is 4.33. The highest BCUT2D eigenvalue weighted by atomic mass is 32.1. The summed E-state index contributed by atoms with van der Waals surface area (Å²) >= 11 is 1.91. The molecule has 18 heavy (non-hydrogen) atoms. The van der Waals surface area contributed by atoms with Crippen LogP contribution in [0.1, 0.15) is 23.6 Å². The van der Waals surface area contributed by atoms with Crippen molar-refractivity contribution in [2.45, 2.75) is 26.8 Å². The number of aryl methyl sites for hydroxylation is 1. The fourth-order valence-electron chi connectivity index (χ4n) is 1.96. The number of nitrogens with two attached hydrogens (primary N) is 1. The highest BCUT2D eigenvalue weighted by Gasteiger charge is 2.07. The van der Waals surface area contributed by atoms with E-state index in [2.05, 4.69) is 43.0 Å². The lowest BCUT2D eigenvalue weighted by molar-refractivity contribution is 0.843. The summed E-state index contributed by atoms with van der Waals surface area (Å²) in [6.45, 7) is 6.37. The number of anilines is 2. The molecule has 0 saturated carbocycles. The molecule has 2 aromatic rings. The zero-order valence-corrected chi connectivity index (χ0v) is 11.8. The van der Waals surface area contributed by atoms with Crippen molar-refractivity contribution < 1.29 is 0 Å². The van der Waals surface area contributed by atoms with Crippen LogP contribution in [0.4, 0.5) is 11.4 Å². The highest BCUT2D eigenvalue weighted by molar-refractivity contribution is 7.12. The minimum atomic E-state index is 0.819. The molecule has 0 bridgehead atoms. The highest BCUT2D eigenvalue weighted by Crippen LogP contribution is 2.23. The fraction of sp³-hybridized carbons (Fsp3) is 0.333. The van der Waals surface area contributed by atoms with Gasteiger partial charge in [-0.1, -0.05) is 6.92 Å². The summed E-state index contributed by atoms with van der Waals surface area (Å²) in [6, 6.07) is 12.6. The first-order chi connectivity index (χ1) is 8.72. The minimum Gasteiger partial charge on any atom is -0.399 e. The Kier molecular flexibility index (Phi) is 4.26. The molecule has 0 amide bonds.